The lowest BCUT2D eigenvalue weighted by molar-refractivity contribution is -0.385. The van der Waals surface area contributed by atoms with Gasteiger partial charge in [-0.2, -0.15) is 0 Å². The number of nitrogens with zero attached hydrogens (tertiary/aromatic N) is 2. The summed E-state index contributed by atoms with van der Waals surface area (Å²) in [6, 6.07) is 11.3. The van der Waals surface area contributed by atoms with Crippen molar-refractivity contribution in [1.82, 2.24) is 4.90 Å². The molecule has 3 rings (SSSR count). The lowest BCUT2D eigenvalue weighted by Gasteiger charge is -2.28. The fraction of sp³-hybridized carbons (Fsp3) is 0.263. The van der Waals surface area contributed by atoms with Crippen LogP contribution in [0.3, 0.4) is 0 Å². The van der Waals surface area contributed by atoms with Gasteiger partial charge in [-0.15, -0.1) is 0 Å². The van der Waals surface area contributed by atoms with Crippen LogP contribution in [0.4, 0.5) is 5.69 Å². The van der Waals surface area contributed by atoms with E-state index in [1.165, 1.54) is 5.56 Å². The third-order valence-electron chi connectivity index (χ3n) is 4.46. The molecule has 27 heavy (non-hydrogen) atoms. The van der Waals surface area contributed by atoms with Crippen LogP contribution in [0.2, 0.25) is 0 Å². The van der Waals surface area contributed by atoms with Crippen molar-refractivity contribution in [2.45, 2.75) is 19.4 Å². The highest BCUT2D eigenvalue weighted by molar-refractivity contribution is 5.88. The zero-order valence-electron chi connectivity index (χ0n) is 14.5. The molecule has 0 aliphatic carbocycles. The van der Waals surface area contributed by atoms with Gasteiger partial charge in [0.25, 0.3) is 0 Å². The molecular formula is C19H18N2O6. The molecule has 0 unspecified atom stereocenters. The third-order valence-corrected chi connectivity index (χ3v) is 4.46. The van der Waals surface area contributed by atoms with Crippen LogP contribution in [-0.4, -0.2) is 40.0 Å². The monoisotopic (exact) mass is 370 g/mol. The fourth-order valence-electron chi connectivity index (χ4n) is 3.03. The molecule has 1 N–H and O–H groups in total. The summed E-state index contributed by atoms with van der Waals surface area (Å²) in [6.45, 7) is 1.08. The van der Waals surface area contributed by atoms with Crippen LogP contribution in [0.5, 0.6) is 5.75 Å². The topological polar surface area (TPSA) is 110 Å². The van der Waals surface area contributed by atoms with Crippen molar-refractivity contribution < 1.29 is 24.4 Å². The van der Waals surface area contributed by atoms with Crippen LogP contribution in [-0.2, 0) is 17.8 Å². The lowest BCUT2D eigenvalue weighted by Crippen LogP contribution is -2.36. The second-order valence-electron chi connectivity index (χ2n) is 6.18. The summed E-state index contributed by atoms with van der Waals surface area (Å²) in [6.07, 6.45) is 0.839. The molecule has 1 aliphatic heterocycles. The van der Waals surface area contributed by atoms with E-state index in [-0.39, 0.29) is 35.9 Å². The van der Waals surface area contributed by atoms with Gasteiger partial charge in [0.05, 0.1) is 23.5 Å². The van der Waals surface area contributed by atoms with Gasteiger partial charge in [-0.25, -0.2) is 4.79 Å². The van der Waals surface area contributed by atoms with Crippen molar-refractivity contribution >= 4 is 17.6 Å². The van der Waals surface area contributed by atoms with E-state index in [1.54, 1.807) is 4.90 Å². The quantitative estimate of drug-likeness (QED) is 0.618. The number of rotatable bonds is 6. The first-order chi connectivity index (χ1) is 13.0. The number of aromatic carboxylic acids is 1. The number of carboxylic acid groups (broad SMARTS) is 1. The molecule has 1 aliphatic rings. The van der Waals surface area contributed by atoms with Crippen LogP contribution in [0.15, 0.2) is 42.5 Å². The average Bonchev–Trinajstić information content (AvgIpc) is 2.67. The van der Waals surface area contributed by atoms with Gasteiger partial charge in [-0.05, 0) is 23.6 Å². The molecular weight excluding hydrogens is 352 g/mol. The maximum Gasteiger partial charge on any atom is 0.335 e. The van der Waals surface area contributed by atoms with Crippen LogP contribution < -0.4 is 4.74 Å². The first-order valence-electron chi connectivity index (χ1n) is 8.45. The molecule has 8 nitrogen and oxygen atoms in total. The van der Waals surface area contributed by atoms with E-state index in [4.69, 9.17) is 9.84 Å². The Hall–Kier alpha value is -3.42. The van der Waals surface area contributed by atoms with E-state index in [2.05, 4.69) is 6.07 Å². The summed E-state index contributed by atoms with van der Waals surface area (Å²) < 4.78 is 5.37. The van der Waals surface area contributed by atoms with Gasteiger partial charge < -0.3 is 14.7 Å². The van der Waals surface area contributed by atoms with Gasteiger partial charge in [0.2, 0.25) is 5.91 Å². The van der Waals surface area contributed by atoms with E-state index in [1.807, 2.05) is 18.2 Å². The van der Waals surface area contributed by atoms with Crippen molar-refractivity contribution in [3.63, 3.8) is 0 Å². The minimum Gasteiger partial charge on any atom is -0.486 e. The standard InChI is InChI=1S/C19H18N2O6/c22-18(20-9-7-13-3-1-2-4-15(13)12-20)8-10-27-17-11-14(19(23)24)5-6-16(17)21(25)26/h1-6,11H,7-10,12H2,(H,23,24). The molecule has 2 aromatic carbocycles. The summed E-state index contributed by atoms with van der Waals surface area (Å²) in [5, 5.41) is 20.1. The molecule has 0 bridgehead atoms. The zero-order valence-corrected chi connectivity index (χ0v) is 14.5. The Balaban J connectivity index is 1.61. The number of carbonyl (C=O) groups is 2. The molecule has 0 atom stereocenters. The number of hydrogen-bond donors (Lipinski definition) is 1. The third kappa shape index (κ3) is 4.22. The highest BCUT2D eigenvalue weighted by Crippen LogP contribution is 2.28. The number of carboxylic acids is 1. The predicted molar refractivity (Wildman–Crippen MR) is 95.7 cm³/mol. The molecule has 0 saturated carbocycles. The van der Waals surface area contributed by atoms with Crippen molar-refractivity contribution in [1.29, 1.82) is 0 Å². The minimum atomic E-state index is -1.21. The summed E-state index contributed by atoms with van der Waals surface area (Å²) in [4.78, 5) is 35.6. The van der Waals surface area contributed by atoms with E-state index >= 15 is 0 Å². The molecule has 0 spiro atoms. The number of fused-ring (bicyclic) bond motifs is 1. The van der Waals surface area contributed by atoms with Crippen LogP contribution >= 0.6 is 0 Å². The number of ether oxygens (including phenoxy) is 1. The maximum atomic E-state index is 12.4. The second-order valence-corrected chi connectivity index (χ2v) is 6.18. The van der Waals surface area contributed by atoms with Gasteiger partial charge >= 0.3 is 11.7 Å². The largest absolute Gasteiger partial charge is 0.486 e. The second kappa shape index (κ2) is 7.86. The van der Waals surface area contributed by atoms with E-state index in [0.717, 1.165) is 30.2 Å². The van der Waals surface area contributed by atoms with E-state index in [9.17, 15) is 19.7 Å². The zero-order chi connectivity index (χ0) is 19.4. The Morgan fingerprint density at radius 2 is 1.93 bits per heavy atom. The average molecular weight is 370 g/mol. The number of hydrogen-bond acceptors (Lipinski definition) is 5. The van der Waals surface area contributed by atoms with Gasteiger partial charge in [-0.1, -0.05) is 24.3 Å². The Morgan fingerprint density at radius 1 is 1.19 bits per heavy atom. The molecule has 0 fully saturated rings. The number of carbonyl (C=O) groups excluding carboxylic acids is 1. The first-order valence-corrected chi connectivity index (χ1v) is 8.45. The van der Waals surface area contributed by atoms with Crippen molar-refractivity contribution in [3.05, 3.63) is 69.3 Å². The van der Waals surface area contributed by atoms with Crippen molar-refractivity contribution in [3.8, 4) is 5.75 Å². The molecule has 2 aromatic rings. The summed E-state index contributed by atoms with van der Waals surface area (Å²) >= 11 is 0. The van der Waals surface area contributed by atoms with E-state index < -0.39 is 10.9 Å². The molecule has 8 heteroatoms. The van der Waals surface area contributed by atoms with Gasteiger partial charge in [0.15, 0.2) is 5.75 Å². The van der Waals surface area contributed by atoms with Crippen molar-refractivity contribution in [2.75, 3.05) is 13.2 Å². The number of amides is 1. The smallest absolute Gasteiger partial charge is 0.335 e. The minimum absolute atomic E-state index is 0.0522. The number of nitro benzene ring substituents is 1. The summed E-state index contributed by atoms with van der Waals surface area (Å²) in [5.41, 5.74) is 1.90. The number of nitro groups is 1. The van der Waals surface area contributed by atoms with Crippen LogP contribution in [0.1, 0.15) is 27.9 Å². The van der Waals surface area contributed by atoms with Gasteiger partial charge in [0, 0.05) is 25.2 Å². The fourth-order valence-corrected chi connectivity index (χ4v) is 3.03. The van der Waals surface area contributed by atoms with Gasteiger partial charge in [-0.3, -0.25) is 14.9 Å². The van der Waals surface area contributed by atoms with Crippen LogP contribution in [0.25, 0.3) is 0 Å². The molecule has 0 radical (unpaired) electrons. The lowest BCUT2D eigenvalue weighted by atomic mass is 10.00. The van der Waals surface area contributed by atoms with Crippen LogP contribution in [0, 0.1) is 10.1 Å². The Morgan fingerprint density at radius 3 is 2.63 bits per heavy atom. The molecule has 1 amide bonds. The first kappa shape index (κ1) is 18.4. The van der Waals surface area contributed by atoms with Crippen molar-refractivity contribution in [2.24, 2.45) is 0 Å². The van der Waals surface area contributed by atoms with E-state index in [0.29, 0.717) is 13.1 Å². The normalized spacial score (nSPS) is 13.0. The maximum absolute atomic E-state index is 12.4. The summed E-state index contributed by atoms with van der Waals surface area (Å²) in [5.74, 6) is -1.48. The molecule has 1 heterocycles. The highest BCUT2D eigenvalue weighted by Gasteiger charge is 2.22. The van der Waals surface area contributed by atoms with Gasteiger partial charge in [0.1, 0.15) is 0 Å². The SMILES string of the molecule is O=C(O)c1ccc([N+](=O)[O-])c(OCCC(=O)N2CCc3ccccc3C2)c1. The molecule has 0 aromatic heterocycles. The Bertz CT molecular complexity index is 896. The highest BCUT2D eigenvalue weighted by atomic mass is 16.6. The molecule has 140 valence electrons. The Kier molecular flexibility index (Phi) is 5.35. The Labute approximate surface area is 155 Å². The predicted octanol–water partition coefficient (Wildman–Crippen LogP) is 2.65. The number of benzene rings is 2. The molecule has 0 saturated heterocycles. The summed E-state index contributed by atoms with van der Waals surface area (Å²) in [7, 11) is 0.